The predicted octanol–water partition coefficient (Wildman–Crippen LogP) is 3.52. The van der Waals surface area contributed by atoms with Gasteiger partial charge >= 0.3 is 12.1 Å². The number of carbonyl (C=O) groups excluding carboxylic acids is 2. The number of carboxylic acids is 1. The third kappa shape index (κ3) is 7.55. The topological polar surface area (TPSA) is 129 Å². The van der Waals surface area contributed by atoms with Crippen molar-refractivity contribution in [2.75, 3.05) is 13.2 Å². The molecule has 1 aliphatic rings. The second-order valence-corrected chi connectivity index (χ2v) is 9.15. The van der Waals surface area contributed by atoms with Crippen LogP contribution in [0.3, 0.4) is 0 Å². The molecule has 1 aliphatic heterocycles. The molecular weight excluding hydrogens is 462 g/mol. The van der Waals surface area contributed by atoms with E-state index in [-0.39, 0.29) is 24.7 Å². The number of fused-ring (bicyclic) bond motifs is 1. The monoisotopic (exact) mass is 493 g/mol. The smallest absolute Gasteiger partial charge is 0.410 e. The van der Waals surface area contributed by atoms with Crippen LogP contribution in [0.2, 0.25) is 0 Å². The molecule has 0 aromatic heterocycles. The van der Waals surface area contributed by atoms with Crippen molar-refractivity contribution >= 4 is 18.0 Å². The first-order chi connectivity index (χ1) is 17.3. The summed E-state index contributed by atoms with van der Waals surface area (Å²) in [6.45, 7) is 4.73. The van der Waals surface area contributed by atoms with Crippen LogP contribution in [-0.4, -0.2) is 53.3 Å². The molecule has 0 radical (unpaired) electrons. The molecule has 0 spiro atoms. The highest BCUT2D eigenvalue weighted by molar-refractivity contribution is 5.87. The Bertz CT molecular complexity index is 1130. The Hall–Kier alpha value is -3.90. The lowest BCUT2D eigenvalue weighted by atomic mass is 10.0. The van der Waals surface area contributed by atoms with Gasteiger partial charge in [-0.25, -0.2) is 9.59 Å². The summed E-state index contributed by atoms with van der Waals surface area (Å²) in [5, 5.41) is 21.2. The van der Waals surface area contributed by atoms with E-state index in [1.165, 1.54) is 17.7 Å². The molecule has 3 rings (SSSR count). The molecule has 9 nitrogen and oxygen atoms in total. The van der Waals surface area contributed by atoms with Gasteiger partial charge in [-0.3, -0.25) is 4.79 Å². The van der Waals surface area contributed by atoms with E-state index in [1.54, 1.807) is 17.0 Å². The highest BCUT2D eigenvalue weighted by Crippen LogP contribution is 2.20. The Morgan fingerprint density at radius 2 is 1.89 bits per heavy atom. The minimum Gasteiger partial charge on any atom is -0.478 e. The predicted molar refractivity (Wildman–Crippen MR) is 131 cm³/mol. The molecule has 0 aliphatic carbocycles. The summed E-state index contributed by atoms with van der Waals surface area (Å²) in [6, 6.07) is 15.2. The Morgan fingerprint density at radius 1 is 1.14 bits per heavy atom. The van der Waals surface area contributed by atoms with E-state index in [0.717, 1.165) is 12.0 Å². The minimum atomic E-state index is -1.04. The van der Waals surface area contributed by atoms with Crippen molar-refractivity contribution in [2.24, 2.45) is 5.92 Å². The highest BCUT2D eigenvalue weighted by atomic mass is 16.6. The molecule has 2 N–H and O–H groups in total. The quantitative estimate of drug-likeness (QED) is 0.518. The zero-order valence-corrected chi connectivity index (χ0v) is 20.5. The van der Waals surface area contributed by atoms with Gasteiger partial charge in [-0.2, -0.15) is 5.26 Å². The highest BCUT2D eigenvalue weighted by Gasteiger charge is 2.30. The van der Waals surface area contributed by atoms with Gasteiger partial charge in [0.15, 0.2) is 6.10 Å². The molecule has 36 heavy (non-hydrogen) atoms. The molecule has 2 atom stereocenters. The van der Waals surface area contributed by atoms with Crippen LogP contribution in [-0.2, 0) is 33.8 Å². The number of hydrogen-bond donors (Lipinski definition) is 2. The first-order valence-electron chi connectivity index (χ1n) is 11.9. The SMILES string of the molecule is CC(C)CC(OC(=O)N1CCc2ccccc2C1)C(=O)NC(C#N)COCc1cccc(C(=O)O)c1. The second kappa shape index (κ2) is 12.7. The Morgan fingerprint density at radius 3 is 2.58 bits per heavy atom. The number of amides is 2. The van der Waals surface area contributed by atoms with Crippen molar-refractivity contribution in [3.8, 4) is 6.07 Å². The van der Waals surface area contributed by atoms with Gasteiger partial charge in [0.1, 0.15) is 6.04 Å². The number of rotatable bonds is 10. The van der Waals surface area contributed by atoms with Gasteiger partial charge in [0.25, 0.3) is 5.91 Å². The van der Waals surface area contributed by atoms with Crippen molar-refractivity contribution < 1.29 is 29.0 Å². The van der Waals surface area contributed by atoms with Crippen molar-refractivity contribution in [3.05, 3.63) is 70.8 Å². The van der Waals surface area contributed by atoms with Crippen LogP contribution in [0, 0.1) is 17.2 Å². The molecule has 9 heteroatoms. The first-order valence-corrected chi connectivity index (χ1v) is 11.9. The van der Waals surface area contributed by atoms with Crippen LogP contribution in [0.1, 0.15) is 47.3 Å². The van der Waals surface area contributed by atoms with E-state index in [9.17, 15) is 19.6 Å². The summed E-state index contributed by atoms with van der Waals surface area (Å²) in [5.74, 6) is -1.52. The number of carboxylic acid groups (broad SMARTS) is 1. The molecule has 1 heterocycles. The fraction of sp³-hybridized carbons (Fsp3) is 0.407. The number of nitrogens with one attached hydrogen (secondary N) is 1. The van der Waals surface area contributed by atoms with Crippen molar-refractivity contribution in [3.63, 3.8) is 0 Å². The van der Waals surface area contributed by atoms with Crippen LogP contribution in [0.4, 0.5) is 4.79 Å². The van der Waals surface area contributed by atoms with E-state index in [0.29, 0.717) is 25.1 Å². The molecule has 0 saturated carbocycles. The molecule has 190 valence electrons. The number of carbonyl (C=O) groups is 3. The maximum absolute atomic E-state index is 12.9. The number of nitrogens with zero attached hydrogens (tertiary/aromatic N) is 2. The lowest BCUT2D eigenvalue weighted by Crippen LogP contribution is -2.47. The minimum absolute atomic E-state index is 0.0777. The molecular formula is C27H31N3O6. The average molecular weight is 494 g/mol. The van der Waals surface area contributed by atoms with Gasteiger partial charge in [-0.05, 0) is 47.6 Å². The number of ether oxygens (including phenoxy) is 2. The molecule has 0 bridgehead atoms. The third-order valence-corrected chi connectivity index (χ3v) is 5.81. The standard InChI is InChI=1S/C27H31N3O6/c1-18(2)12-24(36-27(34)30-11-10-20-7-3-4-8-22(20)15-30)25(31)29-23(14-28)17-35-16-19-6-5-9-21(13-19)26(32)33/h3-9,13,18,23-24H,10-12,15-17H2,1-2H3,(H,29,31)(H,32,33). The average Bonchev–Trinajstić information content (AvgIpc) is 2.87. The second-order valence-electron chi connectivity index (χ2n) is 9.15. The number of benzene rings is 2. The van der Waals surface area contributed by atoms with E-state index in [1.807, 2.05) is 44.2 Å². The summed E-state index contributed by atoms with van der Waals surface area (Å²) in [6.07, 6.45) is -0.579. The summed E-state index contributed by atoms with van der Waals surface area (Å²) < 4.78 is 11.1. The van der Waals surface area contributed by atoms with Crippen LogP contribution >= 0.6 is 0 Å². The summed E-state index contributed by atoms with van der Waals surface area (Å²) >= 11 is 0. The lowest BCUT2D eigenvalue weighted by molar-refractivity contribution is -0.131. The number of hydrogen-bond acceptors (Lipinski definition) is 6. The van der Waals surface area contributed by atoms with Crippen molar-refractivity contribution in [1.82, 2.24) is 10.2 Å². The van der Waals surface area contributed by atoms with Gasteiger partial charge in [-0.15, -0.1) is 0 Å². The molecule has 0 saturated heterocycles. The summed E-state index contributed by atoms with van der Waals surface area (Å²) in [4.78, 5) is 38.5. The van der Waals surface area contributed by atoms with E-state index >= 15 is 0 Å². The van der Waals surface area contributed by atoms with Gasteiger partial charge in [0, 0.05) is 13.1 Å². The van der Waals surface area contributed by atoms with Gasteiger partial charge < -0.3 is 24.8 Å². The van der Waals surface area contributed by atoms with E-state index < -0.39 is 30.1 Å². The fourth-order valence-corrected chi connectivity index (χ4v) is 3.95. The zero-order valence-electron chi connectivity index (χ0n) is 20.5. The molecule has 2 unspecified atom stereocenters. The zero-order chi connectivity index (χ0) is 26.1. The number of aromatic carboxylic acids is 1. The van der Waals surface area contributed by atoms with Gasteiger partial charge in [0.05, 0.1) is 24.8 Å². The third-order valence-electron chi connectivity index (χ3n) is 5.81. The number of nitriles is 1. The van der Waals surface area contributed by atoms with Gasteiger partial charge in [0.2, 0.25) is 0 Å². The van der Waals surface area contributed by atoms with Crippen molar-refractivity contribution in [2.45, 2.75) is 52.0 Å². The molecule has 2 aromatic rings. The fourth-order valence-electron chi connectivity index (χ4n) is 3.95. The van der Waals surface area contributed by atoms with Crippen LogP contribution in [0.25, 0.3) is 0 Å². The maximum atomic E-state index is 12.9. The van der Waals surface area contributed by atoms with Crippen LogP contribution in [0.5, 0.6) is 0 Å². The Kier molecular flexibility index (Phi) is 9.42. The largest absolute Gasteiger partial charge is 0.478 e. The molecule has 0 fully saturated rings. The summed E-state index contributed by atoms with van der Waals surface area (Å²) in [7, 11) is 0. The Balaban J connectivity index is 1.55. The normalized spacial score (nSPS) is 14.3. The van der Waals surface area contributed by atoms with E-state index in [2.05, 4.69) is 5.32 Å². The lowest BCUT2D eigenvalue weighted by Gasteiger charge is -2.30. The maximum Gasteiger partial charge on any atom is 0.410 e. The van der Waals surface area contributed by atoms with Crippen LogP contribution < -0.4 is 5.32 Å². The van der Waals surface area contributed by atoms with E-state index in [4.69, 9.17) is 14.6 Å². The van der Waals surface area contributed by atoms with Gasteiger partial charge in [-0.1, -0.05) is 50.2 Å². The molecule has 2 aromatic carbocycles. The first kappa shape index (κ1) is 26.7. The molecule has 2 amide bonds. The summed E-state index contributed by atoms with van der Waals surface area (Å²) in [5.41, 5.74) is 3.02. The Labute approximate surface area is 210 Å². The van der Waals surface area contributed by atoms with Crippen LogP contribution in [0.15, 0.2) is 48.5 Å². The van der Waals surface area contributed by atoms with Crippen molar-refractivity contribution in [1.29, 1.82) is 5.26 Å².